The fraction of sp³-hybridized carbons (Fsp3) is 0.600. The molecule has 2 unspecified atom stereocenters. The third-order valence-electron chi connectivity index (χ3n) is 4.06. The van der Waals surface area contributed by atoms with Gasteiger partial charge in [0.15, 0.2) is 0 Å². The minimum atomic E-state index is 0.00395. The van der Waals surface area contributed by atoms with Gasteiger partial charge in [-0.3, -0.25) is 0 Å². The summed E-state index contributed by atoms with van der Waals surface area (Å²) in [6.07, 6.45) is 4.31. The monoisotopic (exact) mass is 281 g/mol. The largest absolute Gasteiger partial charge is 0.493 e. The Hall–Kier alpha value is -0.770. The van der Waals surface area contributed by atoms with Crippen LogP contribution < -0.4 is 10.5 Å². The van der Waals surface area contributed by atoms with Gasteiger partial charge in [0, 0.05) is 24.6 Å². The Balaban J connectivity index is 1.79. The minimum absolute atomic E-state index is 0.00395. The van der Waals surface area contributed by atoms with Crippen LogP contribution in [-0.4, -0.2) is 25.9 Å². The van der Waals surface area contributed by atoms with Gasteiger partial charge in [0.1, 0.15) is 5.75 Å². The van der Waals surface area contributed by atoms with Crippen LogP contribution in [0, 0.1) is 5.92 Å². The van der Waals surface area contributed by atoms with Crippen molar-refractivity contribution < 1.29 is 9.47 Å². The summed E-state index contributed by atoms with van der Waals surface area (Å²) in [5.74, 6) is 1.62. The fourth-order valence-corrected chi connectivity index (χ4v) is 3.27. The zero-order chi connectivity index (χ0) is 13.4. The van der Waals surface area contributed by atoms with E-state index in [0.717, 1.165) is 35.8 Å². The molecule has 4 heteroatoms. The average molecular weight is 282 g/mol. The molecule has 0 saturated heterocycles. The van der Waals surface area contributed by atoms with Gasteiger partial charge in [-0.15, -0.1) is 0 Å². The highest BCUT2D eigenvalue weighted by atomic mass is 35.5. The van der Waals surface area contributed by atoms with Gasteiger partial charge in [0.2, 0.25) is 0 Å². The lowest BCUT2D eigenvalue weighted by Crippen LogP contribution is -2.39. The molecule has 2 aliphatic rings. The van der Waals surface area contributed by atoms with Crippen molar-refractivity contribution >= 4 is 11.6 Å². The Morgan fingerprint density at radius 2 is 2.26 bits per heavy atom. The van der Waals surface area contributed by atoms with Gasteiger partial charge in [-0.25, -0.2) is 0 Å². The predicted octanol–water partition coefficient (Wildman–Crippen LogP) is 2.57. The standard InChI is InChI=1S/C15H20ClNO2/c1-18-15(9-2-3-9)13(17)8-11-7-12(16)6-10-4-5-19-14(10)11/h6-7,9,13,15H,2-5,8,17H2,1H3. The molecule has 1 aromatic rings. The third kappa shape index (κ3) is 2.73. The zero-order valence-electron chi connectivity index (χ0n) is 11.2. The van der Waals surface area contributed by atoms with Crippen molar-refractivity contribution in [3.05, 3.63) is 28.3 Å². The normalized spacial score (nSPS) is 20.8. The molecule has 2 N–H and O–H groups in total. The molecule has 0 bridgehead atoms. The molecule has 1 heterocycles. The molecule has 3 rings (SSSR count). The molecule has 19 heavy (non-hydrogen) atoms. The number of ether oxygens (including phenoxy) is 2. The maximum atomic E-state index is 6.32. The topological polar surface area (TPSA) is 44.5 Å². The first-order chi connectivity index (χ1) is 9.19. The van der Waals surface area contributed by atoms with Crippen molar-refractivity contribution in [1.82, 2.24) is 0 Å². The van der Waals surface area contributed by atoms with Gasteiger partial charge >= 0.3 is 0 Å². The second kappa shape index (κ2) is 5.31. The van der Waals surface area contributed by atoms with Crippen molar-refractivity contribution in [2.45, 2.75) is 37.8 Å². The molecule has 0 aromatic heterocycles. The molecule has 2 atom stereocenters. The minimum Gasteiger partial charge on any atom is -0.493 e. The van der Waals surface area contributed by atoms with Crippen molar-refractivity contribution in [3.8, 4) is 5.75 Å². The van der Waals surface area contributed by atoms with Gasteiger partial charge in [-0.1, -0.05) is 11.6 Å². The van der Waals surface area contributed by atoms with E-state index in [2.05, 4.69) is 0 Å². The maximum absolute atomic E-state index is 6.32. The predicted molar refractivity (Wildman–Crippen MR) is 75.9 cm³/mol. The lowest BCUT2D eigenvalue weighted by atomic mass is 9.97. The van der Waals surface area contributed by atoms with E-state index in [1.54, 1.807) is 7.11 Å². The Morgan fingerprint density at radius 3 is 2.95 bits per heavy atom. The molecule has 3 nitrogen and oxygen atoms in total. The molecule has 104 valence electrons. The first-order valence-electron chi connectivity index (χ1n) is 6.91. The Bertz CT molecular complexity index is 473. The van der Waals surface area contributed by atoms with Crippen LogP contribution in [0.1, 0.15) is 24.0 Å². The second-order valence-electron chi connectivity index (χ2n) is 5.56. The van der Waals surface area contributed by atoms with E-state index < -0.39 is 0 Å². The average Bonchev–Trinajstić information content (AvgIpc) is 3.07. The number of rotatable bonds is 5. The second-order valence-corrected chi connectivity index (χ2v) is 5.99. The number of methoxy groups -OCH3 is 1. The van der Waals surface area contributed by atoms with E-state index in [4.69, 9.17) is 26.8 Å². The van der Waals surface area contributed by atoms with Crippen LogP contribution in [0.15, 0.2) is 12.1 Å². The summed E-state index contributed by atoms with van der Waals surface area (Å²) >= 11 is 6.17. The number of halogens is 1. The van der Waals surface area contributed by atoms with E-state index in [1.165, 1.54) is 18.4 Å². The molecule has 0 radical (unpaired) electrons. The molecular formula is C15H20ClNO2. The Labute approximate surface area is 119 Å². The van der Waals surface area contributed by atoms with E-state index in [1.807, 2.05) is 12.1 Å². The van der Waals surface area contributed by atoms with Crippen molar-refractivity contribution in [2.24, 2.45) is 11.7 Å². The van der Waals surface area contributed by atoms with Gasteiger partial charge in [-0.05, 0) is 48.4 Å². The van der Waals surface area contributed by atoms with Crippen molar-refractivity contribution in [2.75, 3.05) is 13.7 Å². The van der Waals surface area contributed by atoms with Crippen LogP contribution in [0.4, 0.5) is 0 Å². The Morgan fingerprint density at radius 1 is 1.47 bits per heavy atom. The van der Waals surface area contributed by atoms with Crippen LogP contribution in [0.3, 0.4) is 0 Å². The van der Waals surface area contributed by atoms with Crippen molar-refractivity contribution in [1.29, 1.82) is 0 Å². The van der Waals surface area contributed by atoms with Gasteiger partial charge in [0.25, 0.3) is 0 Å². The SMILES string of the molecule is COC(C(N)Cc1cc(Cl)cc2c1OCC2)C1CC1. The first-order valence-corrected chi connectivity index (χ1v) is 7.29. The number of hydrogen-bond acceptors (Lipinski definition) is 3. The van der Waals surface area contributed by atoms with Crippen LogP contribution in [0.5, 0.6) is 5.75 Å². The number of hydrogen-bond donors (Lipinski definition) is 1. The number of benzene rings is 1. The van der Waals surface area contributed by atoms with Crippen LogP contribution in [0.25, 0.3) is 0 Å². The number of fused-ring (bicyclic) bond motifs is 1. The van der Waals surface area contributed by atoms with Gasteiger partial charge in [0.05, 0.1) is 12.7 Å². The summed E-state index contributed by atoms with van der Waals surface area (Å²) < 4.78 is 11.3. The molecule has 1 aliphatic heterocycles. The van der Waals surface area contributed by atoms with Gasteiger partial charge in [-0.2, -0.15) is 0 Å². The third-order valence-corrected chi connectivity index (χ3v) is 4.28. The molecule has 1 aliphatic carbocycles. The fourth-order valence-electron chi connectivity index (χ4n) is 3.01. The molecule has 1 fully saturated rings. The molecule has 0 spiro atoms. The molecule has 1 saturated carbocycles. The van der Waals surface area contributed by atoms with E-state index in [-0.39, 0.29) is 12.1 Å². The molecular weight excluding hydrogens is 262 g/mol. The smallest absolute Gasteiger partial charge is 0.125 e. The summed E-state index contributed by atoms with van der Waals surface area (Å²) in [6.45, 7) is 0.744. The molecule has 0 amide bonds. The number of nitrogens with two attached hydrogens (primary N) is 1. The highest BCUT2D eigenvalue weighted by molar-refractivity contribution is 6.30. The van der Waals surface area contributed by atoms with Crippen LogP contribution in [0.2, 0.25) is 5.02 Å². The van der Waals surface area contributed by atoms with E-state index >= 15 is 0 Å². The van der Waals surface area contributed by atoms with E-state index in [0.29, 0.717) is 5.92 Å². The van der Waals surface area contributed by atoms with Crippen molar-refractivity contribution in [3.63, 3.8) is 0 Å². The van der Waals surface area contributed by atoms with Crippen LogP contribution >= 0.6 is 11.6 Å². The van der Waals surface area contributed by atoms with Crippen LogP contribution in [-0.2, 0) is 17.6 Å². The molecule has 1 aromatic carbocycles. The quantitative estimate of drug-likeness (QED) is 0.902. The maximum Gasteiger partial charge on any atom is 0.125 e. The highest BCUT2D eigenvalue weighted by Crippen LogP contribution is 2.38. The summed E-state index contributed by atoms with van der Waals surface area (Å²) in [4.78, 5) is 0. The summed E-state index contributed by atoms with van der Waals surface area (Å²) in [5.41, 5.74) is 8.65. The van der Waals surface area contributed by atoms with E-state index in [9.17, 15) is 0 Å². The lowest BCUT2D eigenvalue weighted by Gasteiger charge is -2.23. The highest BCUT2D eigenvalue weighted by Gasteiger charge is 2.35. The Kier molecular flexibility index (Phi) is 3.70. The summed E-state index contributed by atoms with van der Waals surface area (Å²) in [7, 11) is 1.75. The first kappa shape index (κ1) is 13.2. The zero-order valence-corrected chi connectivity index (χ0v) is 12.0. The van der Waals surface area contributed by atoms with Gasteiger partial charge < -0.3 is 15.2 Å². The summed E-state index contributed by atoms with van der Waals surface area (Å²) in [6, 6.07) is 3.97. The summed E-state index contributed by atoms with van der Waals surface area (Å²) in [5, 5.41) is 0.770. The lowest BCUT2D eigenvalue weighted by molar-refractivity contribution is 0.0625.